The van der Waals surface area contributed by atoms with Gasteiger partial charge in [0.1, 0.15) is 22.4 Å². The molecule has 2 aromatic rings. The van der Waals surface area contributed by atoms with Crippen molar-refractivity contribution in [2.75, 3.05) is 17.7 Å². The van der Waals surface area contributed by atoms with Gasteiger partial charge in [0.25, 0.3) is 0 Å². The number of nitrogens with two attached hydrogens (primary N) is 1. The van der Waals surface area contributed by atoms with Crippen molar-refractivity contribution in [1.29, 1.82) is 5.26 Å². The highest BCUT2D eigenvalue weighted by Crippen LogP contribution is 2.26. The van der Waals surface area contributed by atoms with Crippen molar-refractivity contribution in [3.8, 4) is 11.8 Å². The van der Waals surface area contributed by atoms with E-state index in [9.17, 15) is 0 Å². The summed E-state index contributed by atoms with van der Waals surface area (Å²) in [6.07, 6.45) is 0. The highest BCUT2D eigenvalue weighted by atomic mass is 32.1. The van der Waals surface area contributed by atoms with Crippen LogP contribution in [0.3, 0.4) is 0 Å². The molecule has 2 rings (SSSR count). The van der Waals surface area contributed by atoms with E-state index in [1.807, 2.05) is 37.3 Å². The average Bonchev–Trinajstić information content (AvgIpc) is 2.77. The lowest BCUT2D eigenvalue weighted by Crippen LogP contribution is -2.00. The highest BCUT2D eigenvalue weighted by molar-refractivity contribution is 7.10. The third-order valence-electron chi connectivity index (χ3n) is 2.49. The molecule has 0 aliphatic heterocycles. The molecule has 0 fully saturated rings. The maximum atomic E-state index is 8.98. The minimum absolute atomic E-state index is 0.276. The summed E-state index contributed by atoms with van der Waals surface area (Å²) in [7, 11) is 0. The summed E-state index contributed by atoms with van der Waals surface area (Å²) < 4.78 is 9.39. The predicted octanol–water partition coefficient (Wildman–Crippen LogP) is 2.61. The summed E-state index contributed by atoms with van der Waals surface area (Å²) in [4.78, 5) is 0. The smallest absolute Gasteiger partial charge is 0.157 e. The molecule has 1 aromatic carbocycles. The number of nitrogens with zero attached hydrogens (tertiary/aromatic N) is 2. The fraction of sp³-hybridized carbons (Fsp3) is 0.231. The quantitative estimate of drug-likeness (QED) is 0.875. The van der Waals surface area contributed by atoms with Crippen molar-refractivity contribution < 1.29 is 4.74 Å². The Morgan fingerprint density at radius 3 is 3.11 bits per heavy atom. The molecule has 0 radical (unpaired) electrons. The average molecular weight is 274 g/mol. The number of anilines is 2. The van der Waals surface area contributed by atoms with Crippen LogP contribution >= 0.6 is 11.5 Å². The number of aromatic nitrogens is 1. The molecule has 1 aromatic heterocycles. The number of hydrogen-bond donors (Lipinski definition) is 2. The molecule has 98 valence electrons. The minimum atomic E-state index is 0.276. The fourth-order valence-corrected chi connectivity index (χ4v) is 2.28. The van der Waals surface area contributed by atoms with Crippen LogP contribution in [-0.4, -0.2) is 11.0 Å². The Labute approximate surface area is 115 Å². The van der Waals surface area contributed by atoms with Gasteiger partial charge in [0.15, 0.2) is 5.82 Å². The summed E-state index contributed by atoms with van der Waals surface area (Å²) in [5.74, 6) is 1.11. The van der Waals surface area contributed by atoms with Crippen molar-refractivity contribution in [2.24, 2.45) is 0 Å². The van der Waals surface area contributed by atoms with E-state index in [1.54, 1.807) is 0 Å². The van der Waals surface area contributed by atoms with Crippen LogP contribution in [-0.2, 0) is 6.54 Å². The van der Waals surface area contributed by atoms with E-state index in [0.717, 1.165) is 11.3 Å². The summed E-state index contributed by atoms with van der Waals surface area (Å²) in [6, 6.07) is 9.86. The van der Waals surface area contributed by atoms with Crippen LogP contribution < -0.4 is 15.8 Å². The van der Waals surface area contributed by atoms with E-state index in [0.29, 0.717) is 23.7 Å². The molecule has 0 atom stereocenters. The van der Waals surface area contributed by atoms with Gasteiger partial charge < -0.3 is 15.8 Å². The van der Waals surface area contributed by atoms with E-state index in [1.165, 1.54) is 11.5 Å². The van der Waals surface area contributed by atoms with E-state index in [2.05, 4.69) is 9.69 Å². The standard InChI is InChI=1S/C13H14N4OS/c1-2-18-10-5-3-4-9(6-10)8-16-13-11(7-14)12(15)17-19-13/h3-6,16H,2,8H2,1H3,(H2,15,17). The highest BCUT2D eigenvalue weighted by Gasteiger charge is 2.10. The SMILES string of the molecule is CCOc1cccc(CNc2snc(N)c2C#N)c1. The first-order valence-corrected chi connectivity index (χ1v) is 6.62. The van der Waals surface area contributed by atoms with Crippen molar-refractivity contribution in [2.45, 2.75) is 13.5 Å². The van der Waals surface area contributed by atoms with Crippen LogP contribution in [0.2, 0.25) is 0 Å². The lowest BCUT2D eigenvalue weighted by Gasteiger charge is -2.07. The van der Waals surface area contributed by atoms with Crippen molar-refractivity contribution in [3.63, 3.8) is 0 Å². The molecular formula is C13H14N4OS. The number of nitrogens with one attached hydrogen (secondary N) is 1. The maximum Gasteiger partial charge on any atom is 0.157 e. The number of nitrogen functional groups attached to an aromatic ring is 1. The van der Waals surface area contributed by atoms with Crippen LogP contribution in [0, 0.1) is 11.3 Å². The zero-order valence-corrected chi connectivity index (χ0v) is 11.3. The second kappa shape index (κ2) is 6.07. The van der Waals surface area contributed by atoms with Crippen LogP contribution in [0.4, 0.5) is 10.8 Å². The lowest BCUT2D eigenvalue weighted by atomic mass is 10.2. The Morgan fingerprint density at radius 2 is 2.37 bits per heavy atom. The summed E-state index contributed by atoms with van der Waals surface area (Å²) >= 11 is 1.19. The van der Waals surface area contributed by atoms with Crippen LogP contribution in [0.15, 0.2) is 24.3 Å². The minimum Gasteiger partial charge on any atom is -0.494 e. The normalized spacial score (nSPS) is 9.89. The second-order valence-electron chi connectivity index (χ2n) is 3.82. The summed E-state index contributed by atoms with van der Waals surface area (Å²) in [5, 5.41) is 12.8. The topological polar surface area (TPSA) is 84.0 Å². The van der Waals surface area contributed by atoms with Gasteiger partial charge in [-0.25, -0.2) is 0 Å². The van der Waals surface area contributed by atoms with E-state index < -0.39 is 0 Å². The Morgan fingerprint density at radius 1 is 1.53 bits per heavy atom. The zero-order chi connectivity index (χ0) is 13.7. The van der Waals surface area contributed by atoms with Crippen LogP contribution in [0.5, 0.6) is 5.75 Å². The molecule has 3 N–H and O–H groups in total. The molecule has 19 heavy (non-hydrogen) atoms. The van der Waals surface area contributed by atoms with Gasteiger partial charge in [-0.3, -0.25) is 0 Å². The second-order valence-corrected chi connectivity index (χ2v) is 4.59. The van der Waals surface area contributed by atoms with Crippen molar-refractivity contribution >= 4 is 22.4 Å². The van der Waals surface area contributed by atoms with Gasteiger partial charge in [0.2, 0.25) is 0 Å². The third kappa shape index (κ3) is 3.14. The van der Waals surface area contributed by atoms with E-state index >= 15 is 0 Å². The first-order valence-electron chi connectivity index (χ1n) is 5.85. The van der Waals surface area contributed by atoms with Crippen molar-refractivity contribution in [1.82, 2.24) is 4.37 Å². The van der Waals surface area contributed by atoms with Gasteiger partial charge in [0, 0.05) is 6.54 Å². The van der Waals surface area contributed by atoms with Gasteiger partial charge in [-0.2, -0.15) is 9.64 Å². The first-order chi connectivity index (χ1) is 9.24. The van der Waals surface area contributed by atoms with Gasteiger partial charge in [-0.1, -0.05) is 12.1 Å². The molecule has 0 spiro atoms. The lowest BCUT2D eigenvalue weighted by molar-refractivity contribution is 0.340. The van der Waals surface area contributed by atoms with Gasteiger partial charge >= 0.3 is 0 Å². The number of nitriles is 1. The molecule has 0 amide bonds. The third-order valence-corrected chi connectivity index (χ3v) is 3.31. The number of benzene rings is 1. The van der Waals surface area contributed by atoms with E-state index in [-0.39, 0.29) is 5.82 Å². The molecule has 0 saturated heterocycles. The molecule has 5 nitrogen and oxygen atoms in total. The number of rotatable bonds is 5. The van der Waals surface area contributed by atoms with Crippen LogP contribution in [0.1, 0.15) is 18.1 Å². The molecule has 0 unspecified atom stereocenters. The first kappa shape index (κ1) is 13.2. The maximum absolute atomic E-state index is 8.98. The number of ether oxygens (including phenoxy) is 1. The van der Waals surface area contributed by atoms with Gasteiger partial charge in [-0.05, 0) is 36.2 Å². The molecule has 0 aliphatic carbocycles. The van der Waals surface area contributed by atoms with Gasteiger partial charge in [-0.15, -0.1) is 0 Å². The summed E-state index contributed by atoms with van der Waals surface area (Å²) in [6.45, 7) is 3.18. The zero-order valence-electron chi connectivity index (χ0n) is 10.5. The molecule has 0 bridgehead atoms. The molecular weight excluding hydrogens is 260 g/mol. The fourth-order valence-electron chi connectivity index (χ4n) is 1.63. The molecule has 0 aliphatic rings. The Balaban J connectivity index is 2.06. The van der Waals surface area contributed by atoms with Crippen molar-refractivity contribution in [3.05, 3.63) is 35.4 Å². The number of hydrogen-bond acceptors (Lipinski definition) is 6. The predicted molar refractivity (Wildman–Crippen MR) is 76.2 cm³/mol. The summed E-state index contributed by atoms with van der Waals surface area (Å²) in [5.41, 5.74) is 7.08. The Kier molecular flexibility index (Phi) is 4.21. The largest absolute Gasteiger partial charge is 0.494 e. The molecule has 6 heteroatoms. The monoisotopic (exact) mass is 274 g/mol. The van der Waals surface area contributed by atoms with Crippen LogP contribution in [0.25, 0.3) is 0 Å². The Bertz CT molecular complexity index is 603. The molecule has 1 heterocycles. The Hall–Kier alpha value is -2.26. The molecule has 0 saturated carbocycles. The van der Waals surface area contributed by atoms with E-state index in [4.69, 9.17) is 15.7 Å². The van der Waals surface area contributed by atoms with Gasteiger partial charge in [0.05, 0.1) is 6.61 Å².